The third kappa shape index (κ3) is 3.13. The van der Waals surface area contributed by atoms with E-state index in [0.29, 0.717) is 17.3 Å². The predicted molar refractivity (Wildman–Crippen MR) is 112 cm³/mol. The lowest BCUT2D eigenvalue weighted by atomic mass is 9.86. The highest BCUT2D eigenvalue weighted by Crippen LogP contribution is 2.42. The summed E-state index contributed by atoms with van der Waals surface area (Å²) in [6, 6.07) is 11.0. The molecule has 0 spiro atoms. The minimum atomic E-state index is 0.0924. The summed E-state index contributed by atoms with van der Waals surface area (Å²) in [4.78, 5) is 20.8. The quantitative estimate of drug-likeness (QED) is 0.604. The van der Waals surface area contributed by atoms with Gasteiger partial charge in [-0.25, -0.2) is 4.98 Å². The molecular formula is C24H27N3O2. The second-order valence-electron chi connectivity index (χ2n) is 8.75. The van der Waals surface area contributed by atoms with Crippen molar-refractivity contribution < 1.29 is 9.32 Å². The van der Waals surface area contributed by atoms with Crippen molar-refractivity contribution in [3.8, 4) is 0 Å². The van der Waals surface area contributed by atoms with Crippen LogP contribution in [0.1, 0.15) is 84.4 Å². The van der Waals surface area contributed by atoms with E-state index in [4.69, 9.17) is 4.52 Å². The van der Waals surface area contributed by atoms with E-state index in [-0.39, 0.29) is 17.9 Å². The first-order chi connectivity index (χ1) is 14.0. The van der Waals surface area contributed by atoms with Crippen LogP contribution in [-0.4, -0.2) is 27.0 Å². The number of aryl methyl sites for hydroxylation is 2. The standard InChI is InChI=1S/C24H27N3O2/c1-14(2)20-13-19(22-15(3)26-29-23(22)25-20)24(28)27(17-11-12-17)21-10-6-8-16-7-4-5-9-18(16)21/h4-5,7,9,13-14,17,21H,6,8,10-12H2,1-3H3. The summed E-state index contributed by atoms with van der Waals surface area (Å²) in [6.45, 7) is 6.06. The Morgan fingerprint density at radius 2 is 2.00 bits per heavy atom. The van der Waals surface area contributed by atoms with E-state index in [2.05, 4.69) is 53.2 Å². The largest absolute Gasteiger partial charge is 0.336 e. The van der Waals surface area contributed by atoms with Gasteiger partial charge in [0.2, 0.25) is 0 Å². The summed E-state index contributed by atoms with van der Waals surface area (Å²) in [5.74, 6) is 0.302. The number of carbonyl (C=O) groups excluding carboxylic acids is 1. The van der Waals surface area contributed by atoms with Gasteiger partial charge in [0.15, 0.2) is 0 Å². The first-order valence-corrected chi connectivity index (χ1v) is 10.7. The molecule has 3 aromatic rings. The third-order valence-corrected chi connectivity index (χ3v) is 6.31. The van der Waals surface area contributed by atoms with Crippen molar-refractivity contribution in [1.82, 2.24) is 15.0 Å². The molecule has 5 nitrogen and oxygen atoms in total. The first kappa shape index (κ1) is 18.3. The Kier molecular flexibility index (Phi) is 4.41. The Bertz CT molecular complexity index is 1080. The summed E-state index contributed by atoms with van der Waals surface area (Å²) in [6.07, 6.45) is 5.40. The number of amides is 1. The Morgan fingerprint density at radius 1 is 1.21 bits per heavy atom. The van der Waals surface area contributed by atoms with Gasteiger partial charge >= 0.3 is 0 Å². The number of benzene rings is 1. The molecule has 5 heteroatoms. The molecule has 0 aliphatic heterocycles. The van der Waals surface area contributed by atoms with E-state index in [1.54, 1.807) is 0 Å². The summed E-state index contributed by atoms with van der Waals surface area (Å²) in [7, 11) is 0. The van der Waals surface area contributed by atoms with E-state index < -0.39 is 0 Å². The number of fused-ring (bicyclic) bond motifs is 2. The van der Waals surface area contributed by atoms with Crippen LogP contribution in [0.2, 0.25) is 0 Å². The van der Waals surface area contributed by atoms with Crippen LogP contribution in [0, 0.1) is 6.92 Å². The molecule has 1 aromatic carbocycles. The number of rotatable bonds is 4. The van der Waals surface area contributed by atoms with Crippen molar-refractivity contribution in [3.05, 3.63) is 58.4 Å². The van der Waals surface area contributed by atoms with Gasteiger partial charge in [0.05, 0.1) is 22.7 Å². The van der Waals surface area contributed by atoms with Gasteiger partial charge in [-0.15, -0.1) is 0 Å². The lowest BCUT2D eigenvalue weighted by Crippen LogP contribution is -2.38. The molecule has 1 unspecified atom stereocenters. The van der Waals surface area contributed by atoms with Crippen molar-refractivity contribution >= 4 is 17.0 Å². The molecule has 2 aromatic heterocycles. The van der Waals surface area contributed by atoms with Crippen molar-refractivity contribution in [2.45, 2.75) is 70.9 Å². The number of nitrogens with zero attached hydrogens (tertiary/aromatic N) is 3. The van der Waals surface area contributed by atoms with Gasteiger partial charge in [-0.3, -0.25) is 4.79 Å². The van der Waals surface area contributed by atoms with Gasteiger partial charge in [0.1, 0.15) is 0 Å². The van der Waals surface area contributed by atoms with E-state index in [1.165, 1.54) is 11.1 Å². The SMILES string of the molecule is Cc1noc2nc(C(C)C)cc(C(=O)N(C3CC3)C3CCCc4ccccc43)c12. The average Bonchev–Trinajstić information content (AvgIpc) is 3.49. The average molecular weight is 389 g/mol. The molecule has 2 aliphatic carbocycles. The fraction of sp³-hybridized carbons (Fsp3) is 0.458. The predicted octanol–water partition coefficient (Wildman–Crippen LogP) is 5.34. The van der Waals surface area contributed by atoms with Gasteiger partial charge in [0.25, 0.3) is 11.6 Å². The zero-order chi connectivity index (χ0) is 20.1. The van der Waals surface area contributed by atoms with Crippen LogP contribution in [0.3, 0.4) is 0 Å². The zero-order valence-electron chi connectivity index (χ0n) is 17.3. The second kappa shape index (κ2) is 6.97. The molecule has 1 amide bonds. The topological polar surface area (TPSA) is 59.2 Å². The Hall–Kier alpha value is -2.69. The third-order valence-electron chi connectivity index (χ3n) is 6.31. The Balaban J connectivity index is 1.63. The molecule has 1 saturated carbocycles. The van der Waals surface area contributed by atoms with Crippen molar-refractivity contribution in [2.24, 2.45) is 0 Å². The molecule has 0 saturated heterocycles. The van der Waals surface area contributed by atoms with Crippen LogP contribution in [0.4, 0.5) is 0 Å². The fourth-order valence-electron chi connectivity index (χ4n) is 4.65. The number of aromatic nitrogens is 2. The molecule has 0 bridgehead atoms. The zero-order valence-corrected chi connectivity index (χ0v) is 17.3. The smallest absolute Gasteiger partial charge is 0.259 e. The molecule has 1 atom stereocenters. The minimum absolute atomic E-state index is 0.0924. The van der Waals surface area contributed by atoms with Gasteiger partial charge in [0, 0.05) is 11.7 Å². The van der Waals surface area contributed by atoms with Crippen LogP contribution in [-0.2, 0) is 6.42 Å². The molecule has 0 radical (unpaired) electrons. The lowest BCUT2D eigenvalue weighted by Gasteiger charge is -2.36. The van der Waals surface area contributed by atoms with Crippen molar-refractivity contribution in [3.63, 3.8) is 0 Å². The summed E-state index contributed by atoms with van der Waals surface area (Å²) >= 11 is 0. The summed E-state index contributed by atoms with van der Waals surface area (Å²) < 4.78 is 5.46. The molecule has 0 N–H and O–H groups in total. The first-order valence-electron chi connectivity index (χ1n) is 10.7. The highest BCUT2D eigenvalue weighted by atomic mass is 16.5. The van der Waals surface area contributed by atoms with E-state index >= 15 is 0 Å². The molecule has 2 heterocycles. The van der Waals surface area contributed by atoms with Crippen LogP contribution < -0.4 is 0 Å². The monoisotopic (exact) mass is 389 g/mol. The van der Waals surface area contributed by atoms with Gasteiger partial charge in [-0.1, -0.05) is 43.3 Å². The number of hydrogen-bond acceptors (Lipinski definition) is 4. The fourth-order valence-corrected chi connectivity index (χ4v) is 4.65. The van der Waals surface area contributed by atoms with E-state index in [0.717, 1.165) is 48.9 Å². The molecule has 5 rings (SSSR count). The summed E-state index contributed by atoms with van der Waals surface area (Å²) in [5, 5.41) is 4.86. The summed E-state index contributed by atoms with van der Waals surface area (Å²) in [5.41, 5.74) is 5.45. The maximum atomic E-state index is 14.0. The normalized spacial score (nSPS) is 18.8. The van der Waals surface area contributed by atoms with Crippen LogP contribution >= 0.6 is 0 Å². The Morgan fingerprint density at radius 3 is 2.76 bits per heavy atom. The van der Waals surface area contributed by atoms with E-state index in [9.17, 15) is 4.79 Å². The van der Waals surface area contributed by atoms with Crippen LogP contribution in [0.25, 0.3) is 11.1 Å². The van der Waals surface area contributed by atoms with Crippen molar-refractivity contribution in [2.75, 3.05) is 0 Å². The second-order valence-corrected chi connectivity index (χ2v) is 8.75. The molecule has 150 valence electrons. The van der Waals surface area contributed by atoms with Crippen LogP contribution in [0.15, 0.2) is 34.9 Å². The lowest BCUT2D eigenvalue weighted by molar-refractivity contribution is 0.0639. The van der Waals surface area contributed by atoms with Crippen LogP contribution in [0.5, 0.6) is 0 Å². The maximum absolute atomic E-state index is 14.0. The molecule has 1 fully saturated rings. The van der Waals surface area contributed by atoms with Gasteiger partial charge in [-0.2, -0.15) is 0 Å². The highest BCUT2D eigenvalue weighted by Gasteiger charge is 2.40. The number of pyridine rings is 1. The molecule has 29 heavy (non-hydrogen) atoms. The van der Waals surface area contributed by atoms with E-state index in [1.807, 2.05) is 13.0 Å². The number of hydrogen-bond donors (Lipinski definition) is 0. The molecule has 2 aliphatic rings. The highest BCUT2D eigenvalue weighted by molar-refractivity contribution is 6.06. The van der Waals surface area contributed by atoms with Gasteiger partial charge < -0.3 is 9.42 Å². The van der Waals surface area contributed by atoms with Crippen molar-refractivity contribution in [1.29, 1.82) is 0 Å². The Labute approximate surface area is 171 Å². The number of carbonyl (C=O) groups is 1. The maximum Gasteiger partial charge on any atom is 0.259 e. The molecular weight excluding hydrogens is 362 g/mol. The van der Waals surface area contributed by atoms with Gasteiger partial charge in [-0.05, 0) is 62.1 Å². The minimum Gasteiger partial charge on any atom is -0.336 e.